The van der Waals surface area contributed by atoms with Gasteiger partial charge in [-0.2, -0.15) is 0 Å². The first kappa shape index (κ1) is 12.3. The standard InChI is InChI=1S/C9H10BrClN2O2S/c10-6-4-8(9(11)12-5-6)16(14,15)13-7-2-1-3-7/h4-5,7,13H,1-3H2. The number of rotatable bonds is 3. The Hall–Kier alpha value is -0.170. The van der Waals surface area contributed by atoms with Gasteiger partial charge in [-0.25, -0.2) is 18.1 Å². The maximum absolute atomic E-state index is 12.0. The van der Waals surface area contributed by atoms with Gasteiger partial charge in [-0.3, -0.25) is 0 Å². The Morgan fingerprint density at radius 2 is 2.19 bits per heavy atom. The molecule has 16 heavy (non-hydrogen) atoms. The average molecular weight is 326 g/mol. The van der Waals surface area contributed by atoms with Crippen LogP contribution >= 0.6 is 27.5 Å². The van der Waals surface area contributed by atoms with E-state index in [1.807, 2.05) is 0 Å². The Balaban J connectivity index is 2.30. The number of aromatic nitrogens is 1. The third-order valence-electron chi connectivity index (χ3n) is 2.49. The predicted molar refractivity (Wildman–Crippen MR) is 64.9 cm³/mol. The van der Waals surface area contributed by atoms with Gasteiger partial charge in [-0.15, -0.1) is 0 Å². The lowest BCUT2D eigenvalue weighted by molar-refractivity contribution is 0.383. The van der Waals surface area contributed by atoms with E-state index in [2.05, 4.69) is 25.6 Å². The Bertz CT molecular complexity index is 502. The molecule has 1 heterocycles. The molecule has 88 valence electrons. The molecule has 0 atom stereocenters. The number of nitrogens with zero attached hydrogens (tertiary/aromatic N) is 1. The molecule has 0 unspecified atom stereocenters. The molecule has 2 rings (SSSR count). The molecule has 0 spiro atoms. The normalized spacial score (nSPS) is 17.1. The SMILES string of the molecule is O=S(=O)(NC1CCC1)c1cc(Br)cnc1Cl. The highest BCUT2D eigenvalue weighted by atomic mass is 79.9. The molecule has 1 N–H and O–H groups in total. The third-order valence-corrected chi connectivity index (χ3v) is 4.87. The van der Waals surface area contributed by atoms with E-state index < -0.39 is 10.0 Å². The minimum Gasteiger partial charge on any atom is -0.242 e. The minimum absolute atomic E-state index is 0.00461. The molecular formula is C9H10BrClN2O2S. The topological polar surface area (TPSA) is 59.1 Å². The predicted octanol–water partition coefficient (Wildman–Crippen LogP) is 2.33. The molecule has 0 radical (unpaired) electrons. The smallest absolute Gasteiger partial charge is 0.242 e. The second-order valence-electron chi connectivity index (χ2n) is 3.69. The summed E-state index contributed by atoms with van der Waals surface area (Å²) in [5.74, 6) is 0. The Labute approximate surface area is 108 Å². The van der Waals surface area contributed by atoms with Crippen molar-refractivity contribution in [2.24, 2.45) is 0 Å². The first-order valence-electron chi connectivity index (χ1n) is 4.82. The zero-order chi connectivity index (χ0) is 11.8. The molecule has 0 amide bonds. The zero-order valence-electron chi connectivity index (χ0n) is 8.28. The molecule has 4 nitrogen and oxygen atoms in total. The van der Waals surface area contributed by atoms with Gasteiger partial charge in [0.1, 0.15) is 10.0 Å². The van der Waals surface area contributed by atoms with Crippen LogP contribution in [0, 0.1) is 0 Å². The van der Waals surface area contributed by atoms with Crippen molar-refractivity contribution in [2.45, 2.75) is 30.2 Å². The summed E-state index contributed by atoms with van der Waals surface area (Å²) < 4.78 is 27.1. The van der Waals surface area contributed by atoms with Crippen LogP contribution in [0.25, 0.3) is 0 Å². The van der Waals surface area contributed by atoms with Crippen molar-refractivity contribution in [3.63, 3.8) is 0 Å². The van der Waals surface area contributed by atoms with E-state index in [-0.39, 0.29) is 16.1 Å². The van der Waals surface area contributed by atoms with Gasteiger partial charge in [0.2, 0.25) is 10.0 Å². The van der Waals surface area contributed by atoms with Gasteiger partial charge >= 0.3 is 0 Å². The summed E-state index contributed by atoms with van der Waals surface area (Å²) in [4.78, 5) is 3.82. The van der Waals surface area contributed by atoms with Gasteiger partial charge in [-0.1, -0.05) is 18.0 Å². The zero-order valence-corrected chi connectivity index (χ0v) is 11.4. The van der Waals surface area contributed by atoms with E-state index in [1.165, 1.54) is 12.3 Å². The van der Waals surface area contributed by atoms with E-state index in [4.69, 9.17) is 11.6 Å². The van der Waals surface area contributed by atoms with Crippen molar-refractivity contribution < 1.29 is 8.42 Å². The summed E-state index contributed by atoms with van der Waals surface area (Å²) in [6.45, 7) is 0. The van der Waals surface area contributed by atoms with Crippen molar-refractivity contribution in [3.8, 4) is 0 Å². The molecule has 0 bridgehead atoms. The lowest BCUT2D eigenvalue weighted by Gasteiger charge is -2.26. The van der Waals surface area contributed by atoms with Crippen molar-refractivity contribution >= 4 is 37.6 Å². The fourth-order valence-electron chi connectivity index (χ4n) is 1.40. The molecule has 0 aromatic carbocycles. The maximum Gasteiger partial charge on any atom is 0.243 e. The Morgan fingerprint density at radius 3 is 2.75 bits per heavy atom. The molecule has 1 aromatic rings. The van der Waals surface area contributed by atoms with Crippen LogP contribution in [0.15, 0.2) is 21.6 Å². The van der Waals surface area contributed by atoms with Crippen LogP contribution in [-0.2, 0) is 10.0 Å². The van der Waals surface area contributed by atoms with Crippen LogP contribution in [0.5, 0.6) is 0 Å². The number of sulfonamides is 1. The molecule has 1 aliphatic rings. The molecule has 7 heteroatoms. The second kappa shape index (κ2) is 4.60. The van der Waals surface area contributed by atoms with E-state index in [1.54, 1.807) is 0 Å². The first-order valence-corrected chi connectivity index (χ1v) is 7.48. The summed E-state index contributed by atoms with van der Waals surface area (Å²) in [6, 6.07) is 1.50. The molecule has 1 fully saturated rings. The Kier molecular flexibility index (Phi) is 3.53. The highest BCUT2D eigenvalue weighted by molar-refractivity contribution is 9.10. The van der Waals surface area contributed by atoms with E-state index in [0.29, 0.717) is 4.47 Å². The lowest BCUT2D eigenvalue weighted by atomic mass is 9.94. The van der Waals surface area contributed by atoms with Gasteiger partial charge < -0.3 is 0 Å². The molecule has 0 aliphatic heterocycles. The number of hydrogen-bond donors (Lipinski definition) is 1. The fourth-order valence-corrected chi connectivity index (χ4v) is 3.65. The first-order chi connectivity index (χ1) is 7.49. The maximum atomic E-state index is 12.0. The quantitative estimate of drug-likeness (QED) is 0.868. The third kappa shape index (κ3) is 2.56. The summed E-state index contributed by atoms with van der Waals surface area (Å²) in [5, 5.41) is -0.00461. The van der Waals surface area contributed by atoms with Crippen molar-refractivity contribution in [1.29, 1.82) is 0 Å². The van der Waals surface area contributed by atoms with Crippen molar-refractivity contribution in [2.75, 3.05) is 0 Å². The molecular weight excluding hydrogens is 316 g/mol. The van der Waals surface area contributed by atoms with Crippen LogP contribution in [0.2, 0.25) is 5.15 Å². The fraction of sp³-hybridized carbons (Fsp3) is 0.444. The average Bonchev–Trinajstić information content (AvgIpc) is 2.16. The van der Waals surface area contributed by atoms with Crippen LogP contribution in [0.3, 0.4) is 0 Å². The number of nitrogens with one attached hydrogen (secondary N) is 1. The highest BCUT2D eigenvalue weighted by Gasteiger charge is 2.26. The number of halogens is 2. The highest BCUT2D eigenvalue weighted by Crippen LogP contribution is 2.25. The van der Waals surface area contributed by atoms with E-state index in [9.17, 15) is 8.42 Å². The van der Waals surface area contributed by atoms with Gasteiger partial charge in [0.15, 0.2) is 0 Å². The summed E-state index contributed by atoms with van der Waals surface area (Å²) in [7, 11) is -3.55. The van der Waals surface area contributed by atoms with Crippen molar-refractivity contribution in [3.05, 3.63) is 21.9 Å². The van der Waals surface area contributed by atoms with Gasteiger partial charge in [0.05, 0.1) is 0 Å². The Morgan fingerprint density at radius 1 is 1.50 bits per heavy atom. The van der Waals surface area contributed by atoms with Gasteiger partial charge in [-0.05, 0) is 34.8 Å². The van der Waals surface area contributed by atoms with Crippen LogP contribution in [0.1, 0.15) is 19.3 Å². The monoisotopic (exact) mass is 324 g/mol. The van der Waals surface area contributed by atoms with Crippen LogP contribution in [0.4, 0.5) is 0 Å². The summed E-state index contributed by atoms with van der Waals surface area (Å²) in [6.07, 6.45) is 4.30. The molecule has 1 saturated carbocycles. The van der Waals surface area contributed by atoms with Crippen LogP contribution < -0.4 is 4.72 Å². The largest absolute Gasteiger partial charge is 0.243 e. The van der Waals surface area contributed by atoms with Gasteiger partial charge in [0, 0.05) is 16.7 Å². The number of hydrogen-bond acceptors (Lipinski definition) is 3. The van der Waals surface area contributed by atoms with E-state index >= 15 is 0 Å². The number of pyridine rings is 1. The molecule has 1 aromatic heterocycles. The molecule has 1 aliphatic carbocycles. The molecule has 0 saturated heterocycles. The van der Waals surface area contributed by atoms with Crippen molar-refractivity contribution in [1.82, 2.24) is 9.71 Å². The van der Waals surface area contributed by atoms with Gasteiger partial charge in [0.25, 0.3) is 0 Å². The minimum atomic E-state index is -3.55. The lowest BCUT2D eigenvalue weighted by Crippen LogP contribution is -2.39. The van der Waals surface area contributed by atoms with Crippen LogP contribution in [-0.4, -0.2) is 19.4 Å². The van der Waals surface area contributed by atoms with E-state index in [0.717, 1.165) is 19.3 Å². The summed E-state index contributed by atoms with van der Waals surface area (Å²) >= 11 is 8.95. The summed E-state index contributed by atoms with van der Waals surface area (Å²) in [5.41, 5.74) is 0. The second-order valence-corrected chi connectivity index (χ2v) is 6.65.